The number of hydrogen-bond donors (Lipinski definition) is 1. The van der Waals surface area contributed by atoms with E-state index in [1.807, 2.05) is 17.5 Å². The molecule has 0 aliphatic carbocycles. The van der Waals surface area contributed by atoms with Gasteiger partial charge in [-0.05, 0) is 18.1 Å². The Bertz CT molecular complexity index is 538. The minimum absolute atomic E-state index is 0.200. The van der Waals surface area contributed by atoms with Gasteiger partial charge in [-0.3, -0.25) is 10.1 Å². The van der Waals surface area contributed by atoms with E-state index in [-0.39, 0.29) is 5.91 Å². The van der Waals surface area contributed by atoms with E-state index in [0.717, 1.165) is 0 Å². The molecule has 0 unspecified atom stereocenters. The predicted molar refractivity (Wildman–Crippen MR) is 76.8 cm³/mol. The third kappa shape index (κ3) is 3.79. The lowest BCUT2D eigenvalue weighted by Gasteiger charge is -2.12. The van der Waals surface area contributed by atoms with Crippen molar-refractivity contribution in [3.05, 3.63) is 41.4 Å². The molecule has 1 N–H and O–H groups in total. The van der Waals surface area contributed by atoms with Crippen LogP contribution in [0, 0.1) is 5.92 Å². The number of nitrogens with zero attached hydrogens (tertiary/aromatic N) is 1. The van der Waals surface area contributed by atoms with E-state index in [2.05, 4.69) is 24.1 Å². The maximum atomic E-state index is 12.2. The first-order valence-corrected chi connectivity index (χ1v) is 6.97. The molecule has 5 heteroatoms. The fraction of sp³-hybridized carbons (Fsp3) is 0.286. The average molecular weight is 276 g/mol. The molecule has 1 heterocycles. The maximum Gasteiger partial charge on any atom is 0.261 e. The molecule has 2 aromatic rings. The number of benzene rings is 1. The zero-order chi connectivity index (χ0) is 13.7. The summed E-state index contributed by atoms with van der Waals surface area (Å²) >= 11 is 1.39. The highest BCUT2D eigenvalue weighted by Gasteiger charge is 2.13. The number of hydrogen-bond acceptors (Lipinski definition) is 4. The number of carbonyl (C=O) groups is 1. The van der Waals surface area contributed by atoms with Crippen LogP contribution in [0.25, 0.3) is 0 Å². The largest absolute Gasteiger partial charge is 0.492 e. The highest BCUT2D eigenvalue weighted by atomic mass is 32.1. The molecule has 0 fully saturated rings. The molecule has 0 aliphatic heterocycles. The summed E-state index contributed by atoms with van der Waals surface area (Å²) in [5, 5.41) is 5.16. The summed E-state index contributed by atoms with van der Waals surface area (Å²) in [6.45, 7) is 4.72. The zero-order valence-corrected chi connectivity index (χ0v) is 11.7. The predicted octanol–water partition coefficient (Wildman–Crippen LogP) is 3.43. The highest BCUT2D eigenvalue weighted by molar-refractivity contribution is 7.13. The molecule has 1 aromatic carbocycles. The lowest BCUT2D eigenvalue weighted by molar-refractivity contribution is 0.102. The van der Waals surface area contributed by atoms with E-state index >= 15 is 0 Å². The molecule has 0 spiro atoms. The number of thiazole rings is 1. The molecule has 0 radical (unpaired) electrons. The molecule has 0 aliphatic rings. The van der Waals surface area contributed by atoms with Gasteiger partial charge >= 0.3 is 0 Å². The van der Waals surface area contributed by atoms with Gasteiger partial charge in [0, 0.05) is 11.6 Å². The van der Waals surface area contributed by atoms with Gasteiger partial charge in [0.1, 0.15) is 5.75 Å². The van der Waals surface area contributed by atoms with Crippen LogP contribution in [0.2, 0.25) is 0 Å². The lowest BCUT2D eigenvalue weighted by Crippen LogP contribution is -2.14. The molecule has 1 aromatic heterocycles. The molecule has 0 saturated carbocycles. The molecule has 2 rings (SSSR count). The molecule has 4 nitrogen and oxygen atoms in total. The Labute approximate surface area is 116 Å². The minimum Gasteiger partial charge on any atom is -0.492 e. The van der Waals surface area contributed by atoms with Gasteiger partial charge in [-0.2, -0.15) is 0 Å². The average Bonchev–Trinajstić information content (AvgIpc) is 2.89. The number of amides is 1. The second-order valence-corrected chi connectivity index (χ2v) is 5.39. The van der Waals surface area contributed by atoms with Gasteiger partial charge in [0.25, 0.3) is 5.91 Å². The summed E-state index contributed by atoms with van der Waals surface area (Å²) < 4.78 is 5.66. The quantitative estimate of drug-likeness (QED) is 0.910. The molecule has 1 amide bonds. The van der Waals surface area contributed by atoms with Crippen molar-refractivity contribution in [2.24, 2.45) is 5.92 Å². The van der Waals surface area contributed by atoms with Crippen molar-refractivity contribution < 1.29 is 9.53 Å². The van der Waals surface area contributed by atoms with Gasteiger partial charge in [-0.25, -0.2) is 4.98 Å². The van der Waals surface area contributed by atoms with Crippen molar-refractivity contribution in [3.63, 3.8) is 0 Å². The van der Waals surface area contributed by atoms with Gasteiger partial charge in [0.15, 0.2) is 5.13 Å². The molecule has 100 valence electrons. The monoisotopic (exact) mass is 276 g/mol. The first kappa shape index (κ1) is 13.5. The Morgan fingerprint density at radius 1 is 1.42 bits per heavy atom. The Kier molecular flexibility index (Phi) is 4.52. The van der Waals surface area contributed by atoms with Gasteiger partial charge < -0.3 is 4.74 Å². The lowest BCUT2D eigenvalue weighted by atomic mass is 10.2. The van der Waals surface area contributed by atoms with Crippen LogP contribution in [0.1, 0.15) is 24.2 Å². The number of ether oxygens (including phenoxy) is 1. The summed E-state index contributed by atoms with van der Waals surface area (Å²) in [6.07, 6.45) is 1.65. The van der Waals surface area contributed by atoms with Crippen molar-refractivity contribution >= 4 is 22.4 Å². The van der Waals surface area contributed by atoms with Gasteiger partial charge in [0.05, 0.1) is 12.2 Å². The third-order valence-corrected chi connectivity index (χ3v) is 3.05. The number of carbonyl (C=O) groups excluding carboxylic acids is 1. The van der Waals surface area contributed by atoms with Crippen molar-refractivity contribution in [2.75, 3.05) is 11.9 Å². The van der Waals surface area contributed by atoms with Gasteiger partial charge in [-0.1, -0.05) is 26.0 Å². The van der Waals surface area contributed by atoms with Crippen LogP contribution in [0.3, 0.4) is 0 Å². The zero-order valence-electron chi connectivity index (χ0n) is 10.9. The smallest absolute Gasteiger partial charge is 0.261 e. The summed E-state index contributed by atoms with van der Waals surface area (Å²) in [5.41, 5.74) is 0.526. The Morgan fingerprint density at radius 3 is 2.89 bits per heavy atom. The SMILES string of the molecule is CC(C)COc1ccccc1C(=O)Nc1nccs1. The summed E-state index contributed by atoms with van der Waals surface area (Å²) in [4.78, 5) is 16.2. The minimum atomic E-state index is -0.200. The highest BCUT2D eigenvalue weighted by Crippen LogP contribution is 2.21. The Morgan fingerprint density at radius 2 is 2.21 bits per heavy atom. The Hall–Kier alpha value is -1.88. The van der Waals surface area contributed by atoms with E-state index in [4.69, 9.17) is 4.74 Å². The second kappa shape index (κ2) is 6.33. The molecular weight excluding hydrogens is 260 g/mol. The number of para-hydroxylation sites is 1. The van der Waals surface area contributed by atoms with E-state index in [0.29, 0.717) is 29.0 Å². The number of aromatic nitrogens is 1. The van der Waals surface area contributed by atoms with Crippen LogP contribution in [-0.2, 0) is 0 Å². The van der Waals surface area contributed by atoms with Crippen molar-refractivity contribution in [1.29, 1.82) is 0 Å². The summed E-state index contributed by atoms with van der Waals surface area (Å²) in [7, 11) is 0. The van der Waals surface area contributed by atoms with Crippen LogP contribution in [0.15, 0.2) is 35.8 Å². The topological polar surface area (TPSA) is 51.2 Å². The number of rotatable bonds is 5. The molecular formula is C14H16N2O2S. The van der Waals surface area contributed by atoms with E-state index < -0.39 is 0 Å². The van der Waals surface area contributed by atoms with Crippen LogP contribution in [-0.4, -0.2) is 17.5 Å². The normalized spacial score (nSPS) is 10.5. The van der Waals surface area contributed by atoms with E-state index in [9.17, 15) is 4.79 Å². The molecule has 0 atom stereocenters. The van der Waals surface area contributed by atoms with E-state index in [1.54, 1.807) is 18.3 Å². The summed E-state index contributed by atoms with van der Waals surface area (Å²) in [5.74, 6) is 0.814. The number of anilines is 1. The third-order valence-electron chi connectivity index (χ3n) is 2.36. The van der Waals surface area contributed by atoms with Crippen molar-refractivity contribution in [1.82, 2.24) is 4.98 Å². The van der Waals surface area contributed by atoms with Gasteiger partial charge in [-0.15, -0.1) is 11.3 Å². The van der Waals surface area contributed by atoms with Crippen LogP contribution in [0.5, 0.6) is 5.75 Å². The fourth-order valence-corrected chi connectivity index (χ4v) is 2.01. The maximum absolute atomic E-state index is 12.2. The molecule has 19 heavy (non-hydrogen) atoms. The van der Waals surface area contributed by atoms with Crippen LogP contribution in [0.4, 0.5) is 5.13 Å². The molecule has 0 saturated heterocycles. The van der Waals surface area contributed by atoms with Crippen LogP contribution < -0.4 is 10.1 Å². The fourth-order valence-electron chi connectivity index (χ4n) is 1.49. The first-order valence-electron chi connectivity index (χ1n) is 6.09. The second-order valence-electron chi connectivity index (χ2n) is 4.49. The van der Waals surface area contributed by atoms with Crippen molar-refractivity contribution in [2.45, 2.75) is 13.8 Å². The van der Waals surface area contributed by atoms with Gasteiger partial charge in [0.2, 0.25) is 0 Å². The van der Waals surface area contributed by atoms with Crippen LogP contribution >= 0.6 is 11.3 Å². The first-order chi connectivity index (χ1) is 9.16. The van der Waals surface area contributed by atoms with E-state index in [1.165, 1.54) is 11.3 Å². The van der Waals surface area contributed by atoms with Crippen molar-refractivity contribution in [3.8, 4) is 5.75 Å². The molecule has 0 bridgehead atoms. The number of nitrogens with one attached hydrogen (secondary N) is 1. The standard InChI is InChI=1S/C14H16N2O2S/c1-10(2)9-18-12-6-4-3-5-11(12)13(17)16-14-15-7-8-19-14/h3-8,10H,9H2,1-2H3,(H,15,16,17). The summed E-state index contributed by atoms with van der Waals surface area (Å²) in [6, 6.07) is 7.23. The Balaban J connectivity index is 2.12.